The van der Waals surface area contributed by atoms with Gasteiger partial charge in [-0.25, -0.2) is 8.78 Å². The predicted molar refractivity (Wildman–Crippen MR) is 95.9 cm³/mol. The van der Waals surface area contributed by atoms with Gasteiger partial charge in [-0.2, -0.15) is 0 Å². The molecule has 0 aliphatic heterocycles. The second kappa shape index (κ2) is 8.27. The summed E-state index contributed by atoms with van der Waals surface area (Å²) in [4.78, 5) is 16.2. The fourth-order valence-corrected chi connectivity index (χ4v) is 2.38. The Morgan fingerprint density at radius 3 is 2.56 bits per heavy atom. The molecule has 0 atom stereocenters. The number of pyridine rings is 1. The average molecular weight is 370 g/mol. The SMILES string of the molecule is COc1ccc(NC(=O)c2cc(F)ccc2F)cc1OCc1ccncc1. The number of amides is 1. The monoisotopic (exact) mass is 370 g/mol. The number of carbonyl (C=O) groups excluding carboxylic acids is 1. The van der Waals surface area contributed by atoms with Crippen molar-refractivity contribution in [2.24, 2.45) is 0 Å². The molecule has 1 N–H and O–H groups in total. The summed E-state index contributed by atoms with van der Waals surface area (Å²) in [6.45, 7) is 0.273. The maximum Gasteiger partial charge on any atom is 0.258 e. The summed E-state index contributed by atoms with van der Waals surface area (Å²) in [5.74, 6) is -1.41. The highest BCUT2D eigenvalue weighted by Gasteiger charge is 2.14. The first-order chi connectivity index (χ1) is 13.1. The van der Waals surface area contributed by atoms with Gasteiger partial charge >= 0.3 is 0 Å². The summed E-state index contributed by atoms with van der Waals surface area (Å²) < 4.78 is 38.0. The van der Waals surface area contributed by atoms with Crippen LogP contribution in [0.25, 0.3) is 0 Å². The maximum absolute atomic E-state index is 13.8. The van der Waals surface area contributed by atoms with Gasteiger partial charge in [0.05, 0.1) is 12.7 Å². The van der Waals surface area contributed by atoms with Gasteiger partial charge in [0.2, 0.25) is 0 Å². The van der Waals surface area contributed by atoms with Gasteiger partial charge in [-0.1, -0.05) is 0 Å². The quantitative estimate of drug-likeness (QED) is 0.707. The number of methoxy groups -OCH3 is 1. The summed E-state index contributed by atoms with van der Waals surface area (Å²) in [5.41, 5.74) is 0.877. The van der Waals surface area contributed by atoms with Crippen LogP contribution in [0.5, 0.6) is 11.5 Å². The van der Waals surface area contributed by atoms with Gasteiger partial charge in [-0.15, -0.1) is 0 Å². The maximum atomic E-state index is 13.8. The Morgan fingerprint density at radius 1 is 1.04 bits per heavy atom. The van der Waals surface area contributed by atoms with Crippen LogP contribution in [0.3, 0.4) is 0 Å². The van der Waals surface area contributed by atoms with E-state index in [4.69, 9.17) is 9.47 Å². The van der Waals surface area contributed by atoms with E-state index in [2.05, 4.69) is 10.3 Å². The molecule has 0 spiro atoms. The van der Waals surface area contributed by atoms with Crippen LogP contribution in [0, 0.1) is 11.6 Å². The van der Waals surface area contributed by atoms with E-state index in [9.17, 15) is 13.6 Å². The number of hydrogen-bond donors (Lipinski definition) is 1. The molecule has 0 saturated carbocycles. The number of halogens is 2. The summed E-state index contributed by atoms with van der Waals surface area (Å²) >= 11 is 0. The van der Waals surface area contributed by atoms with Crippen molar-refractivity contribution in [2.75, 3.05) is 12.4 Å². The van der Waals surface area contributed by atoms with Gasteiger partial charge in [-0.05, 0) is 48.0 Å². The number of benzene rings is 2. The molecule has 138 valence electrons. The van der Waals surface area contributed by atoms with E-state index in [1.807, 2.05) is 12.1 Å². The van der Waals surface area contributed by atoms with Gasteiger partial charge < -0.3 is 14.8 Å². The number of nitrogens with one attached hydrogen (secondary N) is 1. The number of rotatable bonds is 6. The molecule has 0 bridgehead atoms. The minimum atomic E-state index is -0.809. The largest absolute Gasteiger partial charge is 0.493 e. The van der Waals surface area contributed by atoms with Crippen molar-refractivity contribution in [3.05, 3.63) is 83.7 Å². The van der Waals surface area contributed by atoms with Gasteiger partial charge in [0.1, 0.15) is 18.2 Å². The Hall–Kier alpha value is -3.48. The third-order valence-electron chi connectivity index (χ3n) is 3.74. The molecule has 3 rings (SSSR count). The molecule has 1 aromatic heterocycles. The summed E-state index contributed by atoms with van der Waals surface area (Å²) in [6.07, 6.45) is 3.31. The lowest BCUT2D eigenvalue weighted by Crippen LogP contribution is -2.14. The lowest BCUT2D eigenvalue weighted by atomic mass is 10.2. The Morgan fingerprint density at radius 2 is 1.81 bits per heavy atom. The molecule has 7 heteroatoms. The lowest BCUT2D eigenvalue weighted by Gasteiger charge is -2.13. The van der Waals surface area contributed by atoms with Gasteiger partial charge in [0.25, 0.3) is 5.91 Å². The number of carbonyl (C=O) groups is 1. The zero-order chi connectivity index (χ0) is 19.2. The second-order valence-corrected chi connectivity index (χ2v) is 5.59. The summed E-state index contributed by atoms with van der Waals surface area (Å²) in [6, 6.07) is 11.1. The first kappa shape index (κ1) is 18.3. The molecular formula is C20H16F2N2O3. The van der Waals surface area contributed by atoms with Crippen LogP contribution >= 0.6 is 0 Å². The molecule has 0 aliphatic rings. The molecule has 1 heterocycles. The molecule has 27 heavy (non-hydrogen) atoms. The molecule has 2 aromatic carbocycles. The lowest BCUT2D eigenvalue weighted by molar-refractivity contribution is 0.102. The molecule has 1 amide bonds. The van der Waals surface area contributed by atoms with E-state index in [0.29, 0.717) is 17.2 Å². The molecule has 0 radical (unpaired) electrons. The van der Waals surface area contributed by atoms with Gasteiger partial charge in [-0.3, -0.25) is 9.78 Å². The van der Waals surface area contributed by atoms with Crippen molar-refractivity contribution in [1.82, 2.24) is 4.98 Å². The Bertz CT molecular complexity index is 949. The van der Waals surface area contributed by atoms with E-state index in [-0.39, 0.29) is 12.2 Å². The van der Waals surface area contributed by atoms with Crippen LogP contribution in [0.15, 0.2) is 60.9 Å². The zero-order valence-electron chi connectivity index (χ0n) is 14.4. The molecule has 5 nitrogen and oxygen atoms in total. The Balaban J connectivity index is 1.78. The average Bonchev–Trinajstić information content (AvgIpc) is 2.69. The third kappa shape index (κ3) is 4.58. The van der Waals surface area contributed by atoms with Crippen LogP contribution in [0.2, 0.25) is 0 Å². The Labute approximate surface area is 154 Å². The van der Waals surface area contributed by atoms with E-state index in [1.165, 1.54) is 7.11 Å². The molecule has 0 saturated heterocycles. The highest BCUT2D eigenvalue weighted by molar-refractivity contribution is 6.04. The normalized spacial score (nSPS) is 10.3. The molecule has 0 aliphatic carbocycles. The van der Waals surface area contributed by atoms with Crippen molar-refractivity contribution in [3.8, 4) is 11.5 Å². The second-order valence-electron chi connectivity index (χ2n) is 5.59. The third-order valence-corrected chi connectivity index (χ3v) is 3.74. The number of anilines is 1. The number of nitrogens with zero attached hydrogens (tertiary/aromatic N) is 1. The predicted octanol–water partition coefficient (Wildman–Crippen LogP) is 4.20. The topological polar surface area (TPSA) is 60.5 Å². The standard InChI is InChI=1S/C20H16F2N2O3/c1-26-18-5-3-15(11-19(18)27-12-13-6-8-23-9-7-13)24-20(25)16-10-14(21)2-4-17(16)22/h2-11H,12H2,1H3,(H,24,25). The van der Waals surface area contributed by atoms with Crippen molar-refractivity contribution in [2.45, 2.75) is 6.61 Å². The van der Waals surface area contributed by atoms with Gasteiger partial charge in [0, 0.05) is 24.1 Å². The van der Waals surface area contributed by atoms with Crippen LogP contribution in [0.4, 0.5) is 14.5 Å². The van der Waals surface area contributed by atoms with Crippen LogP contribution in [-0.2, 0) is 6.61 Å². The minimum Gasteiger partial charge on any atom is -0.493 e. The number of hydrogen-bond acceptors (Lipinski definition) is 4. The fourth-order valence-electron chi connectivity index (χ4n) is 2.38. The highest BCUT2D eigenvalue weighted by atomic mass is 19.1. The smallest absolute Gasteiger partial charge is 0.258 e. The van der Waals surface area contributed by atoms with Crippen LogP contribution < -0.4 is 14.8 Å². The van der Waals surface area contributed by atoms with E-state index < -0.39 is 17.5 Å². The first-order valence-corrected chi connectivity index (χ1v) is 8.03. The van der Waals surface area contributed by atoms with Crippen molar-refractivity contribution < 1.29 is 23.0 Å². The summed E-state index contributed by atoms with van der Waals surface area (Å²) in [7, 11) is 1.50. The molecular weight excluding hydrogens is 354 g/mol. The molecule has 3 aromatic rings. The van der Waals surface area contributed by atoms with Crippen LogP contribution in [-0.4, -0.2) is 18.0 Å². The van der Waals surface area contributed by atoms with E-state index >= 15 is 0 Å². The van der Waals surface area contributed by atoms with Crippen molar-refractivity contribution in [1.29, 1.82) is 0 Å². The number of ether oxygens (including phenoxy) is 2. The van der Waals surface area contributed by atoms with E-state index in [0.717, 1.165) is 23.8 Å². The molecule has 0 unspecified atom stereocenters. The van der Waals surface area contributed by atoms with Crippen LogP contribution in [0.1, 0.15) is 15.9 Å². The highest BCUT2D eigenvalue weighted by Crippen LogP contribution is 2.31. The van der Waals surface area contributed by atoms with Crippen molar-refractivity contribution >= 4 is 11.6 Å². The van der Waals surface area contributed by atoms with Gasteiger partial charge in [0.15, 0.2) is 11.5 Å². The van der Waals surface area contributed by atoms with Crippen molar-refractivity contribution in [3.63, 3.8) is 0 Å². The zero-order valence-corrected chi connectivity index (χ0v) is 14.4. The van der Waals surface area contributed by atoms with E-state index in [1.54, 1.807) is 30.6 Å². The molecule has 0 fully saturated rings. The fraction of sp³-hybridized carbons (Fsp3) is 0.100. The summed E-state index contributed by atoms with van der Waals surface area (Å²) in [5, 5.41) is 2.52. The minimum absolute atomic E-state index is 0.273. The first-order valence-electron chi connectivity index (χ1n) is 8.03. The number of aromatic nitrogens is 1. The Kier molecular flexibility index (Phi) is 5.61.